The summed E-state index contributed by atoms with van der Waals surface area (Å²) in [5, 5.41) is 25.9. The molecule has 1 amide bonds. The first kappa shape index (κ1) is 17.1. The van der Waals surface area contributed by atoms with Crippen molar-refractivity contribution >= 4 is 17.6 Å². The summed E-state index contributed by atoms with van der Waals surface area (Å²) >= 11 is 0. The van der Waals surface area contributed by atoms with Gasteiger partial charge in [0, 0.05) is 31.3 Å². The molecule has 0 aliphatic carbocycles. The van der Waals surface area contributed by atoms with Crippen LogP contribution >= 0.6 is 0 Å². The maximum absolute atomic E-state index is 12.0. The van der Waals surface area contributed by atoms with Gasteiger partial charge in [0.2, 0.25) is 0 Å². The molecule has 24 heavy (non-hydrogen) atoms. The fraction of sp³-hybridized carbons (Fsp3) is 0.267. The van der Waals surface area contributed by atoms with Gasteiger partial charge in [-0.25, -0.2) is 4.68 Å². The zero-order valence-electron chi connectivity index (χ0n) is 12.7. The number of non-ortho nitro benzene ring substituents is 1. The number of aliphatic carboxylic acids is 1. The third-order valence-corrected chi connectivity index (χ3v) is 3.27. The molecule has 9 nitrogen and oxygen atoms in total. The number of carbonyl (C=O) groups excluding carboxylic acids is 1. The van der Waals surface area contributed by atoms with Crippen LogP contribution in [-0.2, 0) is 4.79 Å². The molecule has 0 spiro atoms. The number of hydrogen-bond acceptors (Lipinski definition) is 5. The van der Waals surface area contributed by atoms with Gasteiger partial charge in [-0.3, -0.25) is 19.7 Å². The Morgan fingerprint density at radius 1 is 1.25 bits per heavy atom. The van der Waals surface area contributed by atoms with Gasteiger partial charge < -0.3 is 10.4 Å². The van der Waals surface area contributed by atoms with Crippen molar-refractivity contribution in [1.82, 2.24) is 15.1 Å². The molecule has 2 rings (SSSR count). The zero-order valence-corrected chi connectivity index (χ0v) is 12.7. The Balaban J connectivity index is 1.91. The molecular weight excluding hydrogens is 316 g/mol. The summed E-state index contributed by atoms with van der Waals surface area (Å²) in [5.41, 5.74) is 0.929. The summed E-state index contributed by atoms with van der Waals surface area (Å²) < 4.78 is 1.45. The second kappa shape index (κ2) is 7.86. The summed E-state index contributed by atoms with van der Waals surface area (Å²) in [4.78, 5) is 32.5. The lowest BCUT2D eigenvalue weighted by Crippen LogP contribution is -2.24. The summed E-state index contributed by atoms with van der Waals surface area (Å²) in [7, 11) is 0. The van der Waals surface area contributed by atoms with Crippen molar-refractivity contribution in [3.63, 3.8) is 0 Å². The van der Waals surface area contributed by atoms with Gasteiger partial charge in [-0.1, -0.05) is 0 Å². The normalized spacial score (nSPS) is 10.3. The fourth-order valence-corrected chi connectivity index (χ4v) is 2.01. The third kappa shape index (κ3) is 4.63. The summed E-state index contributed by atoms with van der Waals surface area (Å²) in [5.74, 6) is -1.16. The fourth-order valence-electron chi connectivity index (χ4n) is 2.01. The van der Waals surface area contributed by atoms with E-state index in [9.17, 15) is 19.7 Å². The Hall–Kier alpha value is -3.23. The molecule has 126 valence electrons. The summed E-state index contributed by atoms with van der Waals surface area (Å²) in [6, 6.07) is 5.80. The molecule has 2 aromatic rings. The number of unbranched alkanes of at least 4 members (excludes halogenated alkanes) is 1. The highest BCUT2D eigenvalue weighted by atomic mass is 16.6. The molecule has 1 aromatic heterocycles. The quantitative estimate of drug-likeness (QED) is 0.431. The van der Waals surface area contributed by atoms with E-state index >= 15 is 0 Å². The van der Waals surface area contributed by atoms with E-state index in [1.165, 1.54) is 29.2 Å². The van der Waals surface area contributed by atoms with Gasteiger partial charge in [-0.05, 0) is 25.0 Å². The first-order valence-electron chi connectivity index (χ1n) is 7.27. The lowest BCUT2D eigenvalue weighted by Gasteiger charge is -2.02. The molecule has 2 N–H and O–H groups in total. The molecule has 0 bridgehead atoms. The predicted octanol–water partition coefficient (Wildman–Crippen LogP) is 1.77. The molecule has 1 heterocycles. The average molecular weight is 332 g/mol. The number of nitro groups is 1. The number of benzene rings is 1. The minimum Gasteiger partial charge on any atom is -0.481 e. The van der Waals surface area contributed by atoms with Gasteiger partial charge in [0.25, 0.3) is 11.6 Å². The first-order chi connectivity index (χ1) is 11.5. The number of carboxylic acids is 1. The molecule has 0 saturated carbocycles. The minimum atomic E-state index is -0.856. The van der Waals surface area contributed by atoms with Crippen LogP contribution < -0.4 is 5.32 Å². The van der Waals surface area contributed by atoms with Crippen molar-refractivity contribution in [1.29, 1.82) is 0 Å². The highest BCUT2D eigenvalue weighted by Crippen LogP contribution is 2.15. The second-order valence-electron chi connectivity index (χ2n) is 5.05. The SMILES string of the molecule is O=C(O)CCCCNC(=O)c1cnn(-c2ccc([N+](=O)[O-])cc2)c1. The van der Waals surface area contributed by atoms with E-state index in [4.69, 9.17) is 5.11 Å². The topological polar surface area (TPSA) is 127 Å². The van der Waals surface area contributed by atoms with Gasteiger partial charge >= 0.3 is 5.97 Å². The van der Waals surface area contributed by atoms with Gasteiger partial charge in [0.05, 0.1) is 22.4 Å². The number of nitro benzene ring substituents is 1. The Kier molecular flexibility index (Phi) is 5.61. The summed E-state index contributed by atoms with van der Waals surface area (Å²) in [6.07, 6.45) is 4.07. The van der Waals surface area contributed by atoms with E-state index in [2.05, 4.69) is 10.4 Å². The van der Waals surface area contributed by atoms with Crippen molar-refractivity contribution < 1.29 is 19.6 Å². The average Bonchev–Trinajstić information content (AvgIpc) is 3.04. The standard InChI is InChI=1S/C15H16N4O5/c20-14(21)3-1-2-8-16-15(22)11-9-17-18(10-11)12-4-6-13(7-5-12)19(23)24/h4-7,9-10H,1-3,8H2,(H,16,22)(H,20,21). The molecule has 0 aliphatic rings. The largest absolute Gasteiger partial charge is 0.481 e. The van der Waals surface area contributed by atoms with Gasteiger partial charge in [-0.2, -0.15) is 5.10 Å². The highest BCUT2D eigenvalue weighted by Gasteiger charge is 2.10. The smallest absolute Gasteiger partial charge is 0.303 e. The molecular formula is C15H16N4O5. The Morgan fingerprint density at radius 3 is 2.58 bits per heavy atom. The summed E-state index contributed by atoms with van der Waals surface area (Å²) in [6.45, 7) is 0.384. The number of nitrogens with zero attached hydrogens (tertiary/aromatic N) is 3. The highest BCUT2D eigenvalue weighted by molar-refractivity contribution is 5.93. The van der Waals surface area contributed by atoms with E-state index in [0.717, 1.165) is 0 Å². The Bertz CT molecular complexity index is 739. The lowest BCUT2D eigenvalue weighted by molar-refractivity contribution is -0.384. The van der Waals surface area contributed by atoms with Gasteiger partial charge in [-0.15, -0.1) is 0 Å². The molecule has 0 fully saturated rings. The third-order valence-electron chi connectivity index (χ3n) is 3.27. The van der Waals surface area contributed by atoms with Crippen LogP contribution in [0.5, 0.6) is 0 Å². The monoisotopic (exact) mass is 332 g/mol. The van der Waals surface area contributed by atoms with Crippen molar-refractivity contribution in [2.24, 2.45) is 0 Å². The van der Waals surface area contributed by atoms with Crippen molar-refractivity contribution in [3.05, 3.63) is 52.3 Å². The van der Waals surface area contributed by atoms with E-state index in [-0.39, 0.29) is 18.0 Å². The van der Waals surface area contributed by atoms with Crippen LogP contribution in [0.1, 0.15) is 29.6 Å². The van der Waals surface area contributed by atoms with Crippen LogP contribution in [-0.4, -0.2) is 38.2 Å². The van der Waals surface area contributed by atoms with Crippen LogP contribution in [0.2, 0.25) is 0 Å². The first-order valence-corrected chi connectivity index (χ1v) is 7.27. The molecule has 0 unspecified atom stereocenters. The second-order valence-corrected chi connectivity index (χ2v) is 5.05. The minimum absolute atomic E-state index is 0.0229. The van der Waals surface area contributed by atoms with Crippen molar-refractivity contribution in [2.45, 2.75) is 19.3 Å². The molecule has 1 aromatic carbocycles. The van der Waals surface area contributed by atoms with Crippen LogP contribution in [0.25, 0.3) is 5.69 Å². The van der Waals surface area contributed by atoms with Gasteiger partial charge in [0.1, 0.15) is 0 Å². The Labute approximate surface area is 137 Å². The number of rotatable bonds is 8. The number of amides is 1. The van der Waals surface area contributed by atoms with E-state index in [0.29, 0.717) is 30.6 Å². The van der Waals surface area contributed by atoms with Crippen molar-refractivity contribution in [3.8, 4) is 5.69 Å². The van der Waals surface area contributed by atoms with Crippen LogP contribution in [0.15, 0.2) is 36.7 Å². The zero-order chi connectivity index (χ0) is 17.5. The van der Waals surface area contributed by atoms with Crippen LogP contribution in [0.4, 0.5) is 5.69 Å². The maximum Gasteiger partial charge on any atom is 0.303 e. The number of carboxylic acid groups (broad SMARTS) is 1. The van der Waals surface area contributed by atoms with Crippen LogP contribution in [0.3, 0.4) is 0 Å². The van der Waals surface area contributed by atoms with E-state index < -0.39 is 10.9 Å². The predicted molar refractivity (Wildman–Crippen MR) is 84.0 cm³/mol. The molecule has 0 saturated heterocycles. The van der Waals surface area contributed by atoms with Crippen LogP contribution in [0, 0.1) is 10.1 Å². The Morgan fingerprint density at radius 2 is 1.96 bits per heavy atom. The molecule has 0 atom stereocenters. The van der Waals surface area contributed by atoms with E-state index in [1.54, 1.807) is 12.1 Å². The molecule has 0 radical (unpaired) electrons. The van der Waals surface area contributed by atoms with Gasteiger partial charge in [0.15, 0.2) is 0 Å². The lowest BCUT2D eigenvalue weighted by atomic mass is 10.2. The molecule has 9 heteroatoms. The number of carbonyl (C=O) groups is 2. The van der Waals surface area contributed by atoms with Crippen molar-refractivity contribution in [2.75, 3.05) is 6.54 Å². The molecule has 0 aliphatic heterocycles. The number of aromatic nitrogens is 2. The maximum atomic E-state index is 12.0. The number of hydrogen-bond donors (Lipinski definition) is 2. The van der Waals surface area contributed by atoms with E-state index in [1.807, 2.05) is 0 Å². The number of nitrogens with one attached hydrogen (secondary N) is 1.